The second-order valence-electron chi connectivity index (χ2n) is 12.3. The summed E-state index contributed by atoms with van der Waals surface area (Å²) in [4.78, 5) is 53.0. The van der Waals surface area contributed by atoms with E-state index in [1.165, 1.54) is 6.08 Å². The van der Waals surface area contributed by atoms with Crippen LogP contribution in [-0.4, -0.2) is 62.2 Å². The van der Waals surface area contributed by atoms with Crippen LogP contribution in [0.25, 0.3) is 0 Å². The fraction of sp³-hybridized carbons (Fsp3) is 0.243. The summed E-state index contributed by atoms with van der Waals surface area (Å²) in [5, 5.41) is 12.7. The fourth-order valence-corrected chi connectivity index (χ4v) is 6.85. The Morgan fingerprint density at radius 3 is 2.04 bits per heavy atom. The number of hydrogen-bond donors (Lipinski definition) is 1. The van der Waals surface area contributed by atoms with E-state index in [0.717, 1.165) is 16.7 Å². The van der Waals surface area contributed by atoms with Gasteiger partial charge in [-0.15, -0.1) is 0 Å². The average molecular weight is 625 g/mol. The summed E-state index contributed by atoms with van der Waals surface area (Å²) < 4.78 is 5.58. The highest BCUT2D eigenvalue weighted by molar-refractivity contribution is 6.06. The minimum Gasteiger partial charge on any atom is -0.445 e. The van der Waals surface area contributed by atoms with Crippen molar-refractivity contribution in [2.45, 2.75) is 31.0 Å². The number of ether oxygens (including phenoxy) is 1. The molecule has 2 amide bonds. The smallest absolute Gasteiger partial charge is 0.410 e. The number of allylic oxidation sites excluding steroid dienone is 1. The van der Waals surface area contributed by atoms with Crippen molar-refractivity contribution in [2.75, 3.05) is 13.1 Å². The van der Waals surface area contributed by atoms with Gasteiger partial charge in [0.25, 0.3) is 5.91 Å². The Morgan fingerprint density at radius 2 is 1.47 bits per heavy atom. The van der Waals surface area contributed by atoms with Gasteiger partial charge < -0.3 is 15.0 Å². The van der Waals surface area contributed by atoms with Crippen LogP contribution in [0.5, 0.6) is 0 Å². The number of rotatable bonds is 9. The summed E-state index contributed by atoms with van der Waals surface area (Å²) in [5.41, 5.74) is 2.56. The lowest BCUT2D eigenvalue weighted by Crippen LogP contribution is -2.51. The minimum absolute atomic E-state index is 0.0519. The number of piperidine rings is 1. The first kappa shape index (κ1) is 29.9. The quantitative estimate of drug-likeness (QED) is 0.216. The third-order valence-electron chi connectivity index (χ3n) is 9.24. The molecule has 2 aliphatic heterocycles. The molecule has 1 saturated carbocycles. The number of pyridine rings is 2. The molecule has 7 rings (SSSR count). The molecule has 3 aliphatic rings. The Balaban J connectivity index is 1.17. The van der Waals surface area contributed by atoms with Gasteiger partial charge in [0.05, 0.1) is 11.6 Å². The van der Waals surface area contributed by atoms with Crippen LogP contribution in [0.2, 0.25) is 0 Å². The highest BCUT2D eigenvalue weighted by atomic mass is 16.6. The van der Waals surface area contributed by atoms with E-state index in [1.807, 2.05) is 54.6 Å². The summed E-state index contributed by atoms with van der Waals surface area (Å²) in [7, 11) is 0. The number of carbonyl (C=O) groups is 3. The molecule has 2 aromatic heterocycles. The first-order valence-corrected chi connectivity index (χ1v) is 15.6. The van der Waals surface area contributed by atoms with Gasteiger partial charge in [0.2, 0.25) is 0 Å². The van der Waals surface area contributed by atoms with Gasteiger partial charge in [-0.2, -0.15) is 5.26 Å². The summed E-state index contributed by atoms with van der Waals surface area (Å²) in [6.45, 7) is 1.12. The van der Waals surface area contributed by atoms with E-state index in [4.69, 9.17) is 4.74 Å². The number of fused-ring (bicyclic) bond motifs is 1. The maximum absolute atomic E-state index is 14.8. The molecule has 1 N–H and O–H groups in total. The molecule has 4 aromatic rings. The minimum atomic E-state index is -1.08. The number of carbonyl (C=O) groups excluding carboxylic acids is 3. The number of ketones is 1. The average Bonchev–Trinajstić information content (AvgIpc) is 3.44. The van der Waals surface area contributed by atoms with E-state index in [1.54, 1.807) is 58.9 Å². The molecule has 3 atom stereocenters. The lowest BCUT2D eigenvalue weighted by molar-refractivity contribution is -0.132. The van der Waals surface area contributed by atoms with Gasteiger partial charge >= 0.3 is 6.09 Å². The van der Waals surface area contributed by atoms with Gasteiger partial charge in [0.15, 0.2) is 5.78 Å². The first-order valence-electron chi connectivity index (χ1n) is 15.6. The van der Waals surface area contributed by atoms with Crippen LogP contribution in [-0.2, 0) is 29.0 Å². The van der Waals surface area contributed by atoms with E-state index >= 15 is 0 Å². The zero-order chi connectivity index (χ0) is 32.4. The molecule has 0 unspecified atom stereocenters. The number of hydrogen-bond acceptors (Lipinski definition) is 8. The fourth-order valence-electron chi connectivity index (χ4n) is 6.85. The van der Waals surface area contributed by atoms with Gasteiger partial charge in [-0.1, -0.05) is 30.3 Å². The van der Waals surface area contributed by atoms with E-state index < -0.39 is 5.54 Å². The van der Waals surface area contributed by atoms with Crippen LogP contribution in [0.15, 0.2) is 116 Å². The zero-order valence-electron chi connectivity index (χ0n) is 25.5. The molecule has 0 radical (unpaired) electrons. The van der Waals surface area contributed by atoms with Crippen molar-refractivity contribution >= 4 is 17.8 Å². The van der Waals surface area contributed by atoms with Crippen LogP contribution < -0.4 is 5.32 Å². The molecular weight excluding hydrogens is 592 g/mol. The highest BCUT2D eigenvalue weighted by Gasteiger charge is 2.65. The number of likely N-dealkylation sites (tertiary alicyclic amines) is 1. The van der Waals surface area contributed by atoms with Crippen LogP contribution in [0.4, 0.5) is 4.79 Å². The molecule has 10 heteroatoms. The van der Waals surface area contributed by atoms with Crippen LogP contribution in [0, 0.1) is 23.2 Å². The normalized spacial score (nSPS) is 21.6. The van der Waals surface area contributed by atoms with Crippen molar-refractivity contribution in [3.8, 4) is 6.07 Å². The molecule has 0 bridgehead atoms. The number of aromatic nitrogens is 2. The Morgan fingerprint density at radius 1 is 0.872 bits per heavy atom. The number of nitriles is 1. The second kappa shape index (κ2) is 12.5. The molecule has 2 aromatic carbocycles. The Bertz CT molecular complexity index is 1800. The number of nitrogens with zero attached hydrogens (tertiary/aromatic N) is 5. The first-order chi connectivity index (χ1) is 22.9. The third-order valence-corrected chi connectivity index (χ3v) is 9.24. The van der Waals surface area contributed by atoms with Gasteiger partial charge in [-0.3, -0.25) is 24.5 Å². The summed E-state index contributed by atoms with van der Waals surface area (Å²) in [5.74, 6) is 0.134. The van der Waals surface area contributed by atoms with E-state index in [9.17, 15) is 19.6 Å². The van der Waals surface area contributed by atoms with Crippen molar-refractivity contribution in [1.29, 1.82) is 5.26 Å². The third kappa shape index (κ3) is 6.08. The van der Waals surface area contributed by atoms with Crippen molar-refractivity contribution in [3.05, 3.63) is 143 Å². The monoisotopic (exact) mass is 624 g/mol. The molecule has 3 fully saturated rings. The lowest BCUT2D eigenvalue weighted by atomic mass is 9.85. The standard InChI is InChI=1S/C37H32N6O4/c38-21-27-6-8-29(9-7-27)32(44)18-33-41-37(19-25-10-14-39-15-11-25,20-26-12-16-40-17-13-26)35(45)43(33)34-30-22-42(23-31(30)34)36(46)47-24-28-4-2-1-3-5-28/h1-18,30-31,34,41H,19-20,22-24H2/b33-18+/t30-,31+,34+. The Labute approximate surface area is 272 Å². The Hall–Kier alpha value is -5.82. The van der Waals surface area contributed by atoms with Crippen LogP contribution >= 0.6 is 0 Å². The SMILES string of the molecule is N#Cc1ccc(C(=O)/C=C2\NC(Cc3ccncc3)(Cc3ccncc3)C(=O)N2[C@H]2[C@@H]3CN(C(=O)OCc4ccccc4)C[C@@H]32)cc1. The number of benzene rings is 2. The predicted octanol–water partition coefficient (Wildman–Crippen LogP) is 4.30. The maximum Gasteiger partial charge on any atom is 0.410 e. The highest BCUT2D eigenvalue weighted by Crippen LogP contribution is 2.52. The van der Waals surface area contributed by atoms with Crippen molar-refractivity contribution in [3.63, 3.8) is 0 Å². The Kier molecular flexibility index (Phi) is 7.96. The van der Waals surface area contributed by atoms with Gasteiger partial charge in [-0.25, -0.2) is 4.79 Å². The predicted molar refractivity (Wildman–Crippen MR) is 171 cm³/mol. The molecule has 47 heavy (non-hydrogen) atoms. The largest absolute Gasteiger partial charge is 0.445 e. The molecule has 1 aliphatic carbocycles. The molecule has 10 nitrogen and oxygen atoms in total. The maximum atomic E-state index is 14.8. The number of amides is 2. The van der Waals surface area contributed by atoms with Gasteiger partial charge in [-0.05, 0) is 65.2 Å². The summed E-state index contributed by atoms with van der Waals surface area (Å²) >= 11 is 0. The van der Waals surface area contributed by atoms with E-state index in [0.29, 0.717) is 42.9 Å². The van der Waals surface area contributed by atoms with Crippen molar-refractivity contribution in [1.82, 2.24) is 25.1 Å². The van der Waals surface area contributed by atoms with Crippen LogP contribution in [0.1, 0.15) is 32.6 Å². The van der Waals surface area contributed by atoms with E-state index in [-0.39, 0.29) is 42.3 Å². The molecule has 4 heterocycles. The lowest BCUT2D eigenvalue weighted by Gasteiger charge is -2.28. The summed E-state index contributed by atoms with van der Waals surface area (Å²) in [6.07, 6.45) is 8.67. The second-order valence-corrected chi connectivity index (χ2v) is 12.3. The number of nitrogens with one attached hydrogen (secondary N) is 1. The topological polar surface area (TPSA) is 129 Å². The van der Waals surface area contributed by atoms with Gasteiger partial charge in [0.1, 0.15) is 18.0 Å². The van der Waals surface area contributed by atoms with Crippen molar-refractivity contribution < 1.29 is 19.1 Å². The molecule has 234 valence electrons. The molecular formula is C37H32N6O4. The molecule has 0 spiro atoms. The van der Waals surface area contributed by atoms with Crippen molar-refractivity contribution in [2.24, 2.45) is 11.8 Å². The van der Waals surface area contributed by atoms with Crippen LogP contribution in [0.3, 0.4) is 0 Å². The summed E-state index contributed by atoms with van der Waals surface area (Å²) in [6, 6.07) is 25.4. The molecule has 2 saturated heterocycles. The zero-order valence-corrected chi connectivity index (χ0v) is 25.5. The van der Waals surface area contributed by atoms with Gasteiger partial charge in [0, 0.05) is 80.2 Å². The van der Waals surface area contributed by atoms with E-state index in [2.05, 4.69) is 21.4 Å².